The topological polar surface area (TPSA) is 56.3 Å². The van der Waals surface area contributed by atoms with Gasteiger partial charge in [-0.05, 0) is 0 Å². The number of hydrogen-bond acceptors (Lipinski definition) is 5. The maximum atomic E-state index is 5.22. The summed E-state index contributed by atoms with van der Waals surface area (Å²) >= 11 is -0.00866. The van der Waals surface area contributed by atoms with Gasteiger partial charge in [-0.3, -0.25) is 0 Å². The van der Waals surface area contributed by atoms with E-state index in [0.717, 1.165) is 16.7 Å². The standard InChI is InChI=1S/C11H15N3O2Se/c1-7(11(15-2)16-3)12-8-5-4-6-9-10(8)14-17-13-9/h4-7,11-12H,1-3H3. The molecule has 0 aliphatic carbocycles. The minimum absolute atomic E-state index is 0.00866. The van der Waals surface area contributed by atoms with Crippen LogP contribution in [0.15, 0.2) is 18.2 Å². The second-order valence-corrected chi connectivity index (χ2v) is 4.82. The van der Waals surface area contributed by atoms with Crippen LogP contribution >= 0.6 is 0 Å². The van der Waals surface area contributed by atoms with Crippen molar-refractivity contribution in [2.24, 2.45) is 0 Å². The summed E-state index contributed by atoms with van der Waals surface area (Å²) in [5.74, 6) is 0. The van der Waals surface area contributed by atoms with E-state index in [1.54, 1.807) is 14.2 Å². The molecule has 2 rings (SSSR count). The van der Waals surface area contributed by atoms with Crippen LogP contribution in [0, 0.1) is 0 Å². The van der Waals surface area contributed by atoms with Crippen molar-refractivity contribution in [3.63, 3.8) is 0 Å². The molecule has 1 aromatic heterocycles. The molecule has 1 unspecified atom stereocenters. The number of aromatic nitrogens is 2. The first kappa shape index (κ1) is 12.5. The van der Waals surface area contributed by atoms with Crippen molar-refractivity contribution in [1.29, 1.82) is 0 Å². The van der Waals surface area contributed by atoms with Crippen molar-refractivity contribution in [2.45, 2.75) is 19.3 Å². The molecular weight excluding hydrogens is 285 g/mol. The number of benzene rings is 1. The van der Waals surface area contributed by atoms with Gasteiger partial charge >= 0.3 is 106 Å². The normalized spacial score (nSPS) is 13.2. The van der Waals surface area contributed by atoms with Crippen LogP contribution in [0.1, 0.15) is 6.92 Å². The zero-order valence-corrected chi connectivity index (χ0v) is 11.7. The first-order valence-corrected chi connectivity index (χ1v) is 6.83. The molecule has 0 radical (unpaired) electrons. The molecule has 1 heterocycles. The number of methoxy groups -OCH3 is 2. The summed E-state index contributed by atoms with van der Waals surface area (Å²) in [6.45, 7) is 2.01. The van der Waals surface area contributed by atoms with E-state index in [1.807, 2.05) is 25.1 Å². The van der Waals surface area contributed by atoms with E-state index in [9.17, 15) is 0 Å². The van der Waals surface area contributed by atoms with E-state index < -0.39 is 0 Å². The van der Waals surface area contributed by atoms with Crippen molar-refractivity contribution in [2.75, 3.05) is 19.5 Å². The van der Waals surface area contributed by atoms with Gasteiger partial charge in [-0.25, -0.2) is 0 Å². The molecule has 0 aliphatic rings. The fraction of sp³-hybridized carbons (Fsp3) is 0.455. The van der Waals surface area contributed by atoms with Gasteiger partial charge in [0, 0.05) is 0 Å². The molecule has 0 saturated heterocycles. The Hall–Kier alpha value is -0.941. The van der Waals surface area contributed by atoms with Crippen LogP contribution in [0.25, 0.3) is 11.0 Å². The van der Waals surface area contributed by atoms with E-state index in [1.165, 1.54) is 0 Å². The summed E-state index contributed by atoms with van der Waals surface area (Å²) in [6.07, 6.45) is -0.283. The van der Waals surface area contributed by atoms with Crippen LogP contribution in [0.2, 0.25) is 0 Å². The van der Waals surface area contributed by atoms with Crippen LogP contribution in [0.3, 0.4) is 0 Å². The SMILES string of the molecule is COC(OC)C(C)Nc1cccc2n[se]nc12. The fourth-order valence-corrected chi connectivity index (χ4v) is 2.89. The predicted molar refractivity (Wildman–Crippen MR) is 67.4 cm³/mol. The number of nitrogens with zero attached hydrogens (tertiary/aromatic N) is 2. The zero-order valence-electron chi connectivity index (χ0n) is 10.0. The van der Waals surface area contributed by atoms with Gasteiger partial charge in [-0.15, -0.1) is 0 Å². The molecule has 2 aromatic rings. The molecule has 5 nitrogen and oxygen atoms in total. The summed E-state index contributed by atoms with van der Waals surface area (Å²) in [4.78, 5) is 0. The average Bonchev–Trinajstić information content (AvgIpc) is 2.80. The summed E-state index contributed by atoms with van der Waals surface area (Å²) in [6, 6.07) is 5.99. The number of hydrogen-bond donors (Lipinski definition) is 1. The Kier molecular flexibility index (Phi) is 4.12. The van der Waals surface area contributed by atoms with Gasteiger partial charge < -0.3 is 0 Å². The van der Waals surface area contributed by atoms with Crippen LogP contribution in [0.4, 0.5) is 5.69 Å². The monoisotopic (exact) mass is 301 g/mol. The number of rotatable bonds is 5. The Labute approximate surface area is 106 Å². The first-order valence-electron chi connectivity index (χ1n) is 5.29. The molecule has 0 bridgehead atoms. The third-order valence-electron chi connectivity index (χ3n) is 2.54. The molecule has 0 aliphatic heterocycles. The molecule has 1 atom stereocenters. The number of fused-ring (bicyclic) bond motifs is 1. The van der Waals surface area contributed by atoms with Crippen LogP contribution in [-0.4, -0.2) is 49.5 Å². The van der Waals surface area contributed by atoms with E-state index >= 15 is 0 Å². The number of nitrogens with one attached hydrogen (secondary N) is 1. The summed E-state index contributed by atoms with van der Waals surface area (Å²) in [7, 11) is 3.26. The average molecular weight is 300 g/mol. The molecule has 17 heavy (non-hydrogen) atoms. The molecule has 6 heteroatoms. The van der Waals surface area contributed by atoms with Crippen molar-refractivity contribution in [3.8, 4) is 0 Å². The molecule has 0 fully saturated rings. The van der Waals surface area contributed by atoms with Gasteiger partial charge in [0.05, 0.1) is 0 Å². The molecule has 0 saturated carbocycles. The maximum absolute atomic E-state index is 5.22. The molecule has 92 valence electrons. The molecule has 1 N–H and O–H groups in total. The second kappa shape index (κ2) is 5.60. The molecular formula is C11H15N3O2Se. The third-order valence-corrected chi connectivity index (χ3v) is 3.68. The minimum atomic E-state index is -0.283. The quantitative estimate of drug-likeness (QED) is 0.662. The van der Waals surface area contributed by atoms with E-state index in [-0.39, 0.29) is 27.3 Å². The Balaban J connectivity index is 2.20. The summed E-state index contributed by atoms with van der Waals surface area (Å²) < 4.78 is 19.2. The summed E-state index contributed by atoms with van der Waals surface area (Å²) in [5.41, 5.74) is 2.90. The summed E-state index contributed by atoms with van der Waals surface area (Å²) in [5, 5.41) is 3.35. The van der Waals surface area contributed by atoms with E-state index in [2.05, 4.69) is 13.3 Å². The molecule has 0 spiro atoms. The van der Waals surface area contributed by atoms with Crippen LogP contribution < -0.4 is 5.32 Å². The number of ether oxygens (including phenoxy) is 2. The van der Waals surface area contributed by atoms with Gasteiger partial charge in [0.25, 0.3) is 0 Å². The number of anilines is 1. The van der Waals surface area contributed by atoms with Gasteiger partial charge in [0.15, 0.2) is 0 Å². The molecule has 1 aromatic carbocycles. The van der Waals surface area contributed by atoms with Gasteiger partial charge in [0.2, 0.25) is 0 Å². The Morgan fingerprint density at radius 2 is 2.00 bits per heavy atom. The zero-order chi connectivity index (χ0) is 12.3. The van der Waals surface area contributed by atoms with Gasteiger partial charge in [-0.2, -0.15) is 0 Å². The van der Waals surface area contributed by atoms with Crippen molar-refractivity contribution < 1.29 is 9.47 Å². The van der Waals surface area contributed by atoms with E-state index in [4.69, 9.17) is 9.47 Å². The Morgan fingerprint density at radius 1 is 1.24 bits per heavy atom. The fourth-order valence-electron chi connectivity index (χ4n) is 1.74. The van der Waals surface area contributed by atoms with Crippen molar-refractivity contribution >= 4 is 31.7 Å². The Morgan fingerprint density at radius 3 is 2.71 bits per heavy atom. The first-order chi connectivity index (χ1) is 8.26. The van der Waals surface area contributed by atoms with Crippen molar-refractivity contribution in [1.82, 2.24) is 7.96 Å². The van der Waals surface area contributed by atoms with Gasteiger partial charge in [0.1, 0.15) is 0 Å². The molecule has 0 amide bonds. The third kappa shape index (κ3) is 2.66. The second-order valence-electron chi connectivity index (χ2n) is 3.71. The van der Waals surface area contributed by atoms with E-state index in [0.29, 0.717) is 0 Å². The van der Waals surface area contributed by atoms with Crippen LogP contribution in [0.5, 0.6) is 0 Å². The van der Waals surface area contributed by atoms with Crippen molar-refractivity contribution in [3.05, 3.63) is 18.2 Å². The van der Waals surface area contributed by atoms with Crippen LogP contribution in [-0.2, 0) is 9.47 Å². The predicted octanol–water partition coefficient (Wildman–Crippen LogP) is 1.11. The van der Waals surface area contributed by atoms with Gasteiger partial charge in [-0.1, -0.05) is 0 Å². The Bertz CT molecular complexity index is 484.